The Morgan fingerprint density at radius 1 is 1.22 bits per heavy atom. The smallest absolute Gasteiger partial charge is 0.0681 e. The molecular formula is C15H17NOS. The third-order valence-electron chi connectivity index (χ3n) is 3.47. The first kappa shape index (κ1) is 11.9. The number of nitrogens with zero attached hydrogens (tertiary/aromatic N) is 1. The molecule has 1 N–H and O–H groups in total. The largest absolute Gasteiger partial charge is 0.392 e. The van der Waals surface area contributed by atoms with Crippen molar-refractivity contribution in [2.24, 2.45) is 0 Å². The van der Waals surface area contributed by atoms with Gasteiger partial charge in [-0.3, -0.25) is 4.90 Å². The molecule has 0 spiro atoms. The number of aliphatic hydroxyl groups excluding tert-OH is 1. The minimum Gasteiger partial charge on any atom is -0.392 e. The Kier molecular flexibility index (Phi) is 3.46. The van der Waals surface area contributed by atoms with E-state index in [9.17, 15) is 0 Å². The van der Waals surface area contributed by atoms with E-state index in [2.05, 4.69) is 28.5 Å². The Labute approximate surface area is 112 Å². The van der Waals surface area contributed by atoms with Gasteiger partial charge < -0.3 is 5.11 Å². The molecule has 3 rings (SSSR count). The molecule has 3 heteroatoms. The van der Waals surface area contributed by atoms with Gasteiger partial charge in [0.2, 0.25) is 0 Å². The van der Waals surface area contributed by atoms with Gasteiger partial charge in [-0.15, -0.1) is 11.3 Å². The zero-order valence-electron chi connectivity index (χ0n) is 10.3. The number of aliphatic hydroxyl groups is 1. The SMILES string of the molecule is OCc1cccc(CN2CCc3sccc3C2)c1. The number of fused-ring (bicyclic) bond motifs is 1. The number of hydrogen-bond donors (Lipinski definition) is 1. The highest BCUT2D eigenvalue weighted by atomic mass is 32.1. The molecule has 1 aliphatic heterocycles. The Hall–Kier alpha value is -1.16. The van der Waals surface area contributed by atoms with Crippen LogP contribution in [-0.4, -0.2) is 16.6 Å². The third kappa shape index (κ3) is 2.48. The van der Waals surface area contributed by atoms with Gasteiger partial charge >= 0.3 is 0 Å². The Morgan fingerprint density at radius 2 is 2.11 bits per heavy atom. The van der Waals surface area contributed by atoms with Gasteiger partial charge in [-0.1, -0.05) is 24.3 Å². The molecular weight excluding hydrogens is 242 g/mol. The van der Waals surface area contributed by atoms with Gasteiger partial charge in [0.1, 0.15) is 0 Å². The van der Waals surface area contributed by atoms with Crippen molar-refractivity contribution < 1.29 is 5.11 Å². The van der Waals surface area contributed by atoms with Crippen LogP contribution in [0, 0.1) is 0 Å². The lowest BCUT2D eigenvalue weighted by molar-refractivity contribution is 0.247. The summed E-state index contributed by atoms with van der Waals surface area (Å²) in [7, 11) is 0. The Bertz CT molecular complexity index is 535. The molecule has 94 valence electrons. The lowest BCUT2D eigenvalue weighted by Gasteiger charge is -2.26. The molecule has 1 aliphatic rings. The van der Waals surface area contributed by atoms with Crippen molar-refractivity contribution in [1.82, 2.24) is 4.90 Å². The average molecular weight is 259 g/mol. The number of rotatable bonds is 3. The fraction of sp³-hybridized carbons (Fsp3) is 0.333. The van der Waals surface area contributed by atoms with Gasteiger partial charge in [-0.2, -0.15) is 0 Å². The highest BCUT2D eigenvalue weighted by Crippen LogP contribution is 2.25. The van der Waals surface area contributed by atoms with Crippen molar-refractivity contribution in [1.29, 1.82) is 0 Å². The number of benzene rings is 1. The van der Waals surface area contributed by atoms with Gasteiger partial charge in [0.15, 0.2) is 0 Å². The second kappa shape index (κ2) is 5.22. The van der Waals surface area contributed by atoms with Crippen molar-refractivity contribution in [3.05, 3.63) is 57.3 Å². The number of thiophene rings is 1. The third-order valence-corrected chi connectivity index (χ3v) is 4.49. The molecule has 18 heavy (non-hydrogen) atoms. The summed E-state index contributed by atoms with van der Waals surface area (Å²) >= 11 is 1.88. The lowest BCUT2D eigenvalue weighted by Crippen LogP contribution is -2.29. The molecule has 1 aromatic carbocycles. The van der Waals surface area contributed by atoms with Gasteiger partial charge in [-0.05, 0) is 34.6 Å². The van der Waals surface area contributed by atoms with E-state index in [1.165, 1.54) is 17.5 Å². The summed E-state index contributed by atoms with van der Waals surface area (Å²) in [6.45, 7) is 3.30. The fourth-order valence-corrected chi connectivity index (χ4v) is 3.42. The predicted molar refractivity (Wildman–Crippen MR) is 74.5 cm³/mol. The first-order chi connectivity index (χ1) is 8.85. The van der Waals surface area contributed by atoms with Gasteiger partial charge in [0, 0.05) is 24.5 Å². The van der Waals surface area contributed by atoms with Crippen LogP contribution in [-0.2, 0) is 26.1 Å². The summed E-state index contributed by atoms with van der Waals surface area (Å²) in [5.74, 6) is 0. The summed E-state index contributed by atoms with van der Waals surface area (Å²) in [6.07, 6.45) is 1.17. The van der Waals surface area contributed by atoms with Gasteiger partial charge in [-0.25, -0.2) is 0 Å². The van der Waals surface area contributed by atoms with Crippen LogP contribution in [0.15, 0.2) is 35.7 Å². The topological polar surface area (TPSA) is 23.5 Å². The zero-order chi connectivity index (χ0) is 12.4. The van der Waals surface area contributed by atoms with Gasteiger partial charge in [0.05, 0.1) is 6.61 Å². The lowest BCUT2D eigenvalue weighted by atomic mass is 10.1. The monoisotopic (exact) mass is 259 g/mol. The Balaban J connectivity index is 1.70. The summed E-state index contributed by atoms with van der Waals surface area (Å²) in [4.78, 5) is 4.03. The molecule has 1 aromatic heterocycles. The first-order valence-corrected chi connectivity index (χ1v) is 7.19. The number of hydrogen-bond acceptors (Lipinski definition) is 3. The van der Waals surface area contributed by atoms with E-state index in [4.69, 9.17) is 5.11 Å². The van der Waals surface area contributed by atoms with Crippen LogP contribution in [0.3, 0.4) is 0 Å². The predicted octanol–water partition coefficient (Wildman–Crippen LogP) is 2.80. The highest BCUT2D eigenvalue weighted by Gasteiger charge is 2.16. The molecule has 0 saturated carbocycles. The second-order valence-electron chi connectivity index (χ2n) is 4.81. The van der Waals surface area contributed by atoms with E-state index in [0.29, 0.717) is 0 Å². The standard InChI is InChI=1S/C15H17NOS/c17-11-13-3-1-2-12(8-13)9-16-6-4-15-14(10-16)5-7-18-15/h1-3,5,7-8,17H,4,6,9-11H2. The van der Waals surface area contributed by atoms with Crippen LogP contribution < -0.4 is 0 Å². The molecule has 0 amide bonds. The van der Waals surface area contributed by atoms with Crippen molar-refractivity contribution in [2.75, 3.05) is 6.54 Å². The molecule has 2 nitrogen and oxygen atoms in total. The van der Waals surface area contributed by atoms with Crippen molar-refractivity contribution in [3.63, 3.8) is 0 Å². The van der Waals surface area contributed by atoms with Crippen LogP contribution in [0.25, 0.3) is 0 Å². The quantitative estimate of drug-likeness (QED) is 0.916. The second-order valence-corrected chi connectivity index (χ2v) is 5.81. The van der Waals surface area contributed by atoms with Crippen LogP contribution in [0.1, 0.15) is 21.6 Å². The normalized spacial score (nSPS) is 15.6. The molecule has 2 aromatic rings. The maximum atomic E-state index is 9.16. The zero-order valence-corrected chi connectivity index (χ0v) is 11.1. The van der Waals surface area contributed by atoms with Crippen LogP contribution in [0.4, 0.5) is 0 Å². The molecule has 0 aliphatic carbocycles. The summed E-state index contributed by atoms with van der Waals surface area (Å²) in [5.41, 5.74) is 3.78. The van der Waals surface area contributed by atoms with Crippen molar-refractivity contribution in [3.8, 4) is 0 Å². The van der Waals surface area contributed by atoms with Gasteiger partial charge in [0.25, 0.3) is 0 Å². The van der Waals surface area contributed by atoms with Crippen molar-refractivity contribution in [2.45, 2.75) is 26.1 Å². The maximum Gasteiger partial charge on any atom is 0.0681 e. The molecule has 2 heterocycles. The molecule has 0 atom stereocenters. The average Bonchev–Trinajstić information content (AvgIpc) is 2.86. The highest BCUT2D eigenvalue weighted by molar-refractivity contribution is 7.10. The summed E-state index contributed by atoms with van der Waals surface area (Å²) < 4.78 is 0. The first-order valence-electron chi connectivity index (χ1n) is 6.31. The molecule has 0 fully saturated rings. The van der Waals surface area contributed by atoms with Crippen LogP contribution in [0.5, 0.6) is 0 Å². The van der Waals surface area contributed by atoms with Crippen LogP contribution >= 0.6 is 11.3 Å². The Morgan fingerprint density at radius 3 is 3.00 bits per heavy atom. The molecule has 0 radical (unpaired) electrons. The van der Waals surface area contributed by atoms with E-state index in [0.717, 1.165) is 25.2 Å². The minimum absolute atomic E-state index is 0.127. The van der Waals surface area contributed by atoms with E-state index >= 15 is 0 Å². The van der Waals surface area contributed by atoms with E-state index < -0.39 is 0 Å². The minimum atomic E-state index is 0.127. The molecule has 0 bridgehead atoms. The van der Waals surface area contributed by atoms with E-state index in [1.54, 1.807) is 4.88 Å². The van der Waals surface area contributed by atoms with Crippen molar-refractivity contribution >= 4 is 11.3 Å². The molecule has 0 unspecified atom stereocenters. The fourth-order valence-electron chi connectivity index (χ4n) is 2.53. The van der Waals surface area contributed by atoms with Crippen LogP contribution in [0.2, 0.25) is 0 Å². The molecule has 0 saturated heterocycles. The van der Waals surface area contributed by atoms with E-state index in [1.807, 2.05) is 23.5 Å². The van der Waals surface area contributed by atoms with E-state index in [-0.39, 0.29) is 6.61 Å². The maximum absolute atomic E-state index is 9.16. The summed E-state index contributed by atoms with van der Waals surface area (Å²) in [6, 6.07) is 10.5. The summed E-state index contributed by atoms with van der Waals surface area (Å²) in [5, 5.41) is 11.4.